The number of likely N-dealkylation sites (N-methyl/N-ethyl adjacent to an activating group) is 1. The van der Waals surface area contributed by atoms with Crippen molar-refractivity contribution in [1.29, 1.82) is 0 Å². The Morgan fingerprint density at radius 2 is 1.79 bits per heavy atom. The van der Waals surface area contributed by atoms with Crippen molar-refractivity contribution in [2.75, 3.05) is 13.6 Å². The number of carbonyl (C=O) groups excluding carboxylic acids is 3. The number of amides is 3. The fourth-order valence-electron chi connectivity index (χ4n) is 4.71. The highest BCUT2D eigenvalue weighted by atomic mass is 16.2. The molecule has 1 spiro atoms. The lowest BCUT2D eigenvalue weighted by molar-refractivity contribution is -0.134. The van der Waals surface area contributed by atoms with Gasteiger partial charge in [-0.2, -0.15) is 0 Å². The zero-order chi connectivity index (χ0) is 20.6. The van der Waals surface area contributed by atoms with Crippen LogP contribution in [0.2, 0.25) is 0 Å². The Morgan fingerprint density at radius 3 is 2.39 bits per heavy atom. The third-order valence-corrected chi connectivity index (χ3v) is 6.59. The molecule has 0 aromatic carbocycles. The van der Waals surface area contributed by atoms with Gasteiger partial charge in [-0.25, -0.2) is 4.79 Å². The van der Waals surface area contributed by atoms with E-state index in [2.05, 4.69) is 18.4 Å². The molecule has 3 rings (SSSR count). The fraction of sp³-hybridized carbons (Fsp3) is 0.682. The molecule has 0 unspecified atom stereocenters. The molecule has 3 amide bonds. The summed E-state index contributed by atoms with van der Waals surface area (Å²) in [7, 11) is 1.70. The van der Waals surface area contributed by atoms with Gasteiger partial charge in [-0.1, -0.05) is 33.1 Å². The van der Waals surface area contributed by atoms with Gasteiger partial charge in [-0.05, 0) is 45.1 Å². The summed E-state index contributed by atoms with van der Waals surface area (Å²) in [6, 6.07) is 1.55. The van der Waals surface area contributed by atoms with Gasteiger partial charge in [0.1, 0.15) is 5.54 Å². The molecule has 1 aromatic rings. The van der Waals surface area contributed by atoms with Gasteiger partial charge in [0.25, 0.3) is 5.91 Å². The van der Waals surface area contributed by atoms with Gasteiger partial charge in [0.2, 0.25) is 0 Å². The largest absolute Gasteiger partial charge is 0.348 e. The van der Waals surface area contributed by atoms with Crippen LogP contribution in [0.1, 0.15) is 74.1 Å². The number of Topliss-reactive ketones (excluding diaryl/α,β-unsaturated/α-hetero) is 1. The van der Waals surface area contributed by atoms with Crippen LogP contribution in [0, 0.1) is 19.8 Å². The van der Waals surface area contributed by atoms with Gasteiger partial charge >= 0.3 is 6.03 Å². The molecule has 28 heavy (non-hydrogen) atoms. The molecule has 1 saturated carbocycles. The Morgan fingerprint density at radius 1 is 1.14 bits per heavy atom. The molecule has 2 fully saturated rings. The predicted octanol–water partition coefficient (Wildman–Crippen LogP) is 3.93. The number of carbonyl (C=O) groups is 3. The summed E-state index contributed by atoms with van der Waals surface area (Å²) >= 11 is 0. The first-order valence-electron chi connectivity index (χ1n) is 10.5. The number of urea groups is 1. The number of aryl methyl sites for hydroxylation is 1. The minimum atomic E-state index is -0.732. The number of hydrogen-bond acceptors (Lipinski definition) is 3. The first-order chi connectivity index (χ1) is 13.2. The summed E-state index contributed by atoms with van der Waals surface area (Å²) in [6.07, 6.45) is 5.42. The molecule has 1 aromatic heterocycles. The van der Waals surface area contributed by atoms with Crippen molar-refractivity contribution < 1.29 is 14.4 Å². The molecule has 154 valence electrons. The number of hydrogen-bond donors (Lipinski definition) is 0. The van der Waals surface area contributed by atoms with Crippen LogP contribution >= 0.6 is 0 Å². The van der Waals surface area contributed by atoms with Crippen LogP contribution in [0.4, 0.5) is 4.79 Å². The maximum absolute atomic E-state index is 13.1. The maximum atomic E-state index is 13.1. The third-order valence-electron chi connectivity index (χ3n) is 6.59. The Kier molecular flexibility index (Phi) is 5.69. The molecule has 0 N–H and O–H groups in total. The highest BCUT2D eigenvalue weighted by molar-refractivity contribution is 6.11. The summed E-state index contributed by atoms with van der Waals surface area (Å²) in [4.78, 5) is 41.6. The number of imide groups is 1. The molecular weight excluding hydrogens is 354 g/mol. The second kappa shape index (κ2) is 7.72. The molecule has 2 heterocycles. The monoisotopic (exact) mass is 387 g/mol. The van der Waals surface area contributed by atoms with Crippen LogP contribution in [0.25, 0.3) is 0 Å². The van der Waals surface area contributed by atoms with Crippen molar-refractivity contribution in [2.45, 2.75) is 78.3 Å². The van der Waals surface area contributed by atoms with Gasteiger partial charge < -0.3 is 9.47 Å². The fourth-order valence-corrected chi connectivity index (χ4v) is 4.71. The SMILES string of the molecule is Cc1cc(C(=O)CN2C(=O)N(C)C3(CCCCC3)C2=O)c(C)n1CCC(C)C. The molecule has 1 aliphatic carbocycles. The molecule has 6 nitrogen and oxygen atoms in total. The zero-order valence-corrected chi connectivity index (χ0v) is 17.9. The van der Waals surface area contributed by atoms with Crippen molar-refractivity contribution >= 4 is 17.7 Å². The Balaban J connectivity index is 1.79. The Bertz CT molecular complexity index is 787. The summed E-state index contributed by atoms with van der Waals surface area (Å²) < 4.78 is 2.16. The lowest BCUT2D eigenvalue weighted by Gasteiger charge is -2.35. The molecule has 0 atom stereocenters. The molecule has 6 heteroatoms. The van der Waals surface area contributed by atoms with Crippen molar-refractivity contribution in [3.05, 3.63) is 23.0 Å². The van der Waals surface area contributed by atoms with Crippen LogP contribution in [0.15, 0.2) is 6.07 Å². The van der Waals surface area contributed by atoms with Crippen LogP contribution in [0.5, 0.6) is 0 Å². The summed E-state index contributed by atoms with van der Waals surface area (Å²) in [6.45, 7) is 9.02. The Labute approximate surface area is 167 Å². The first-order valence-corrected chi connectivity index (χ1v) is 10.5. The van der Waals surface area contributed by atoms with E-state index >= 15 is 0 Å². The lowest BCUT2D eigenvalue weighted by Crippen LogP contribution is -2.49. The average Bonchev–Trinajstić information content (AvgIpc) is 3.03. The van der Waals surface area contributed by atoms with E-state index in [1.54, 1.807) is 11.9 Å². The zero-order valence-electron chi connectivity index (χ0n) is 17.9. The smallest absolute Gasteiger partial charge is 0.327 e. The highest BCUT2D eigenvalue weighted by Gasteiger charge is 2.55. The molecule has 2 aliphatic rings. The van der Waals surface area contributed by atoms with Crippen molar-refractivity contribution in [1.82, 2.24) is 14.4 Å². The summed E-state index contributed by atoms with van der Waals surface area (Å²) in [5, 5.41) is 0. The van der Waals surface area contributed by atoms with Crippen LogP contribution in [0.3, 0.4) is 0 Å². The summed E-state index contributed by atoms with van der Waals surface area (Å²) in [5.41, 5.74) is 1.85. The van der Waals surface area contributed by atoms with Crippen LogP contribution in [-0.2, 0) is 11.3 Å². The lowest BCUT2D eigenvalue weighted by atomic mass is 9.80. The molecule has 0 bridgehead atoms. The minimum Gasteiger partial charge on any atom is -0.348 e. The van der Waals surface area contributed by atoms with Gasteiger partial charge in [0, 0.05) is 30.5 Å². The molecule has 1 saturated heterocycles. The maximum Gasteiger partial charge on any atom is 0.327 e. The topological polar surface area (TPSA) is 62.6 Å². The summed E-state index contributed by atoms with van der Waals surface area (Å²) in [5.74, 6) is 0.232. The van der Waals surface area contributed by atoms with Crippen LogP contribution in [-0.4, -0.2) is 51.2 Å². The van der Waals surface area contributed by atoms with E-state index in [0.717, 1.165) is 43.6 Å². The van der Waals surface area contributed by atoms with Gasteiger partial charge in [0.15, 0.2) is 5.78 Å². The van der Waals surface area contributed by atoms with E-state index in [9.17, 15) is 14.4 Å². The second-order valence-electron chi connectivity index (χ2n) is 8.87. The molecule has 1 aliphatic heterocycles. The Hall–Kier alpha value is -2.11. The third kappa shape index (κ3) is 3.38. The minimum absolute atomic E-state index is 0.160. The normalized spacial score (nSPS) is 19.4. The van der Waals surface area contributed by atoms with Gasteiger partial charge in [0.05, 0.1) is 6.54 Å². The van der Waals surface area contributed by atoms with E-state index in [0.29, 0.717) is 24.3 Å². The average molecular weight is 388 g/mol. The van der Waals surface area contributed by atoms with E-state index in [1.807, 2.05) is 19.9 Å². The van der Waals surface area contributed by atoms with E-state index < -0.39 is 5.54 Å². The van der Waals surface area contributed by atoms with Crippen molar-refractivity contribution in [2.24, 2.45) is 5.92 Å². The standard InChI is InChI=1S/C22H33N3O3/c1-15(2)9-12-24-16(3)13-18(17(24)4)19(26)14-25-20(27)22(23(5)21(25)28)10-7-6-8-11-22/h13,15H,6-12,14H2,1-5H3. The quantitative estimate of drug-likeness (QED) is 0.549. The van der Waals surface area contributed by atoms with Crippen molar-refractivity contribution in [3.63, 3.8) is 0 Å². The number of ketones is 1. The number of aromatic nitrogens is 1. The highest BCUT2D eigenvalue weighted by Crippen LogP contribution is 2.39. The van der Waals surface area contributed by atoms with Gasteiger partial charge in [-0.15, -0.1) is 0 Å². The van der Waals surface area contributed by atoms with E-state index in [1.165, 1.54) is 4.90 Å². The van der Waals surface area contributed by atoms with Crippen LogP contribution < -0.4 is 0 Å². The predicted molar refractivity (Wildman–Crippen MR) is 108 cm³/mol. The number of rotatable bonds is 6. The second-order valence-corrected chi connectivity index (χ2v) is 8.87. The molecular formula is C22H33N3O3. The number of nitrogens with zero attached hydrogens (tertiary/aromatic N) is 3. The van der Waals surface area contributed by atoms with Gasteiger partial charge in [-0.3, -0.25) is 14.5 Å². The van der Waals surface area contributed by atoms with E-state index in [4.69, 9.17) is 0 Å². The van der Waals surface area contributed by atoms with Crippen molar-refractivity contribution in [3.8, 4) is 0 Å². The van der Waals surface area contributed by atoms with E-state index in [-0.39, 0.29) is 24.3 Å². The molecule has 0 radical (unpaired) electrons. The first kappa shape index (κ1) is 20.6.